The van der Waals surface area contributed by atoms with Gasteiger partial charge in [-0.05, 0) is 55.0 Å². The smallest absolute Gasteiger partial charge is 0.251 e. The molecule has 0 atom stereocenters. The summed E-state index contributed by atoms with van der Waals surface area (Å²) in [5.41, 5.74) is 2.64. The molecule has 1 amide bonds. The van der Waals surface area contributed by atoms with Gasteiger partial charge in [0.25, 0.3) is 5.91 Å². The fourth-order valence-electron chi connectivity index (χ4n) is 5.39. The lowest BCUT2D eigenvalue weighted by atomic mass is 10.1. The van der Waals surface area contributed by atoms with Crippen LogP contribution in [0.25, 0.3) is 21.8 Å². The topological polar surface area (TPSA) is 83.8 Å². The van der Waals surface area contributed by atoms with Crippen molar-refractivity contribution in [1.29, 1.82) is 0 Å². The first-order chi connectivity index (χ1) is 21.1. The van der Waals surface area contributed by atoms with E-state index in [-0.39, 0.29) is 5.91 Å². The van der Waals surface area contributed by atoms with Crippen molar-refractivity contribution in [3.63, 3.8) is 0 Å². The number of fused-ring (bicyclic) bond motifs is 2. The number of unbranched alkanes of at least 4 members (excludes halogenated alkanes) is 2. The second-order valence-electron chi connectivity index (χ2n) is 10.3. The summed E-state index contributed by atoms with van der Waals surface area (Å²) in [5.74, 6) is 3.21. The molecule has 0 unspecified atom stereocenters. The number of benzene rings is 4. The molecule has 4 aromatic carbocycles. The average molecular weight is 582 g/mol. The molecule has 1 aromatic heterocycles. The first kappa shape index (κ1) is 29.8. The van der Waals surface area contributed by atoms with Gasteiger partial charge >= 0.3 is 0 Å². The highest BCUT2D eigenvalue weighted by atomic mass is 16.5. The number of hydrogen-bond donors (Lipinski definition) is 1. The lowest BCUT2D eigenvalue weighted by Crippen LogP contribution is -2.24. The summed E-state index contributed by atoms with van der Waals surface area (Å²) in [6, 6.07) is 26.1. The molecule has 0 radical (unpaired) electrons. The van der Waals surface area contributed by atoms with Crippen molar-refractivity contribution in [1.82, 2.24) is 14.9 Å². The van der Waals surface area contributed by atoms with Crippen LogP contribution in [0.2, 0.25) is 0 Å². The van der Waals surface area contributed by atoms with Crippen LogP contribution in [-0.4, -0.2) is 49.9 Å². The van der Waals surface area contributed by atoms with Gasteiger partial charge in [0.2, 0.25) is 5.75 Å². The number of methoxy groups -OCH3 is 3. The van der Waals surface area contributed by atoms with E-state index in [1.807, 2.05) is 30.3 Å². The molecule has 0 spiro atoms. The summed E-state index contributed by atoms with van der Waals surface area (Å²) in [7, 11) is 4.61. The van der Waals surface area contributed by atoms with Gasteiger partial charge in [0, 0.05) is 30.5 Å². The summed E-state index contributed by atoms with van der Waals surface area (Å²) in [6.07, 6.45) is 4.58. The maximum Gasteiger partial charge on any atom is 0.251 e. The maximum atomic E-state index is 12.8. The third-order valence-electron chi connectivity index (χ3n) is 7.56. The monoisotopic (exact) mass is 581 g/mol. The van der Waals surface area contributed by atoms with Crippen LogP contribution in [0, 0.1) is 0 Å². The molecular weight excluding hydrogens is 542 g/mol. The number of amides is 1. The molecule has 0 aliphatic carbocycles. The molecule has 5 rings (SSSR count). The molecule has 8 heteroatoms. The van der Waals surface area contributed by atoms with Crippen molar-refractivity contribution in [2.24, 2.45) is 0 Å². The van der Waals surface area contributed by atoms with Crippen LogP contribution in [0.5, 0.6) is 23.0 Å². The molecule has 0 aliphatic rings. The molecule has 8 nitrogen and oxygen atoms in total. The zero-order valence-corrected chi connectivity index (χ0v) is 25.1. The highest BCUT2D eigenvalue weighted by molar-refractivity contribution is 5.95. The Bertz CT molecular complexity index is 1650. The van der Waals surface area contributed by atoms with Crippen LogP contribution in [0.3, 0.4) is 0 Å². The standard InChI is InChI=1S/C35H39N3O5/c1-40-31-23-26(24-32(41-2)34(31)42-3)35(39)36-20-10-4-5-19-33-37-28-16-8-9-17-29(28)38(33)21-12-22-43-30-18-11-14-25-13-6-7-15-27(25)30/h6-9,11,13-18,23-24H,4-5,10,12,19-22H2,1-3H3,(H,36,39). The molecular formula is C35H39N3O5. The number of hydrogen-bond acceptors (Lipinski definition) is 6. The molecule has 224 valence electrons. The van der Waals surface area contributed by atoms with E-state index in [2.05, 4.69) is 46.3 Å². The van der Waals surface area contributed by atoms with Crippen molar-refractivity contribution < 1.29 is 23.7 Å². The summed E-state index contributed by atoms with van der Waals surface area (Å²) in [5, 5.41) is 5.33. The quantitative estimate of drug-likeness (QED) is 0.137. The third-order valence-corrected chi connectivity index (χ3v) is 7.56. The molecule has 0 bridgehead atoms. The van der Waals surface area contributed by atoms with Crippen molar-refractivity contribution in [2.45, 2.75) is 38.6 Å². The van der Waals surface area contributed by atoms with Crippen LogP contribution < -0.4 is 24.3 Å². The normalized spacial score (nSPS) is 11.0. The van der Waals surface area contributed by atoms with E-state index >= 15 is 0 Å². The lowest BCUT2D eigenvalue weighted by molar-refractivity contribution is 0.0952. The van der Waals surface area contributed by atoms with E-state index in [1.165, 1.54) is 26.7 Å². The average Bonchev–Trinajstić information content (AvgIpc) is 3.40. The molecule has 1 N–H and O–H groups in total. The number of rotatable bonds is 15. The van der Waals surface area contributed by atoms with Crippen molar-refractivity contribution in [3.05, 3.63) is 90.3 Å². The van der Waals surface area contributed by atoms with Crippen LogP contribution in [0.4, 0.5) is 0 Å². The van der Waals surface area contributed by atoms with Gasteiger partial charge in [-0.15, -0.1) is 0 Å². The number of nitrogens with zero attached hydrogens (tertiary/aromatic N) is 2. The summed E-state index contributed by atoms with van der Waals surface area (Å²) < 4.78 is 24.6. The van der Waals surface area contributed by atoms with Crippen LogP contribution in [0.1, 0.15) is 41.9 Å². The molecule has 1 heterocycles. The number of para-hydroxylation sites is 2. The van der Waals surface area contributed by atoms with Crippen LogP contribution >= 0.6 is 0 Å². The number of aromatic nitrogens is 2. The van der Waals surface area contributed by atoms with Gasteiger partial charge in [0.1, 0.15) is 11.6 Å². The van der Waals surface area contributed by atoms with Gasteiger partial charge < -0.3 is 28.8 Å². The van der Waals surface area contributed by atoms with Crippen LogP contribution in [-0.2, 0) is 13.0 Å². The fraction of sp³-hybridized carbons (Fsp3) is 0.314. The first-order valence-electron chi connectivity index (χ1n) is 14.8. The highest BCUT2D eigenvalue weighted by Gasteiger charge is 2.17. The molecule has 0 aliphatic heterocycles. The van der Waals surface area contributed by atoms with E-state index in [4.69, 9.17) is 23.9 Å². The van der Waals surface area contributed by atoms with Crippen LogP contribution in [0.15, 0.2) is 78.9 Å². The van der Waals surface area contributed by atoms with E-state index in [0.29, 0.717) is 36.0 Å². The van der Waals surface area contributed by atoms with Gasteiger partial charge in [-0.1, -0.05) is 55.0 Å². The van der Waals surface area contributed by atoms with E-state index in [9.17, 15) is 4.79 Å². The van der Waals surface area contributed by atoms with E-state index in [0.717, 1.165) is 66.6 Å². The maximum absolute atomic E-state index is 12.8. The second kappa shape index (κ2) is 14.4. The Kier molecular flexibility index (Phi) is 10.00. The Hall–Kier alpha value is -4.72. The third kappa shape index (κ3) is 7.02. The predicted molar refractivity (Wildman–Crippen MR) is 170 cm³/mol. The summed E-state index contributed by atoms with van der Waals surface area (Å²) in [4.78, 5) is 17.7. The minimum atomic E-state index is -0.174. The van der Waals surface area contributed by atoms with E-state index < -0.39 is 0 Å². The number of carbonyl (C=O) groups excluding carboxylic acids is 1. The second-order valence-corrected chi connectivity index (χ2v) is 10.3. The first-order valence-corrected chi connectivity index (χ1v) is 14.8. The van der Waals surface area contributed by atoms with Crippen molar-refractivity contribution >= 4 is 27.7 Å². The number of aryl methyl sites for hydroxylation is 2. The highest BCUT2D eigenvalue weighted by Crippen LogP contribution is 2.38. The minimum Gasteiger partial charge on any atom is -0.493 e. The number of ether oxygens (including phenoxy) is 4. The Morgan fingerprint density at radius 1 is 0.791 bits per heavy atom. The molecule has 5 aromatic rings. The molecule has 0 fully saturated rings. The molecule has 0 saturated carbocycles. The van der Waals surface area contributed by atoms with Gasteiger partial charge in [-0.2, -0.15) is 0 Å². The van der Waals surface area contributed by atoms with E-state index in [1.54, 1.807) is 12.1 Å². The van der Waals surface area contributed by atoms with Crippen molar-refractivity contribution in [2.75, 3.05) is 34.5 Å². The molecule has 43 heavy (non-hydrogen) atoms. The van der Waals surface area contributed by atoms with Gasteiger partial charge in [-0.25, -0.2) is 4.98 Å². The largest absolute Gasteiger partial charge is 0.493 e. The van der Waals surface area contributed by atoms with Gasteiger partial charge in [-0.3, -0.25) is 4.79 Å². The zero-order chi connectivity index (χ0) is 30.0. The van der Waals surface area contributed by atoms with Gasteiger partial charge in [0.15, 0.2) is 11.5 Å². The number of nitrogens with one attached hydrogen (secondary N) is 1. The lowest BCUT2D eigenvalue weighted by Gasteiger charge is -2.14. The number of imidazole rings is 1. The summed E-state index contributed by atoms with van der Waals surface area (Å²) >= 11 is 0. The zero-order valence-electron chi connectivity index (χ0n) is 25.1. The molecule has 0 saturated heterocycles. The predicted octanol–water partition coefficient (Wildman–Crippen LogP) is 6.83. The Balaban J connectivity index is 1.12. The van der Waals surface area contributed by atoms with Gasteiger partial charge in [0.05, 0.1) is 39.0 Å². The number of carbonyl (C=O) groups is 1. The Labute approximate surface area is 252 Å². The summed E-state index contributed by atoms with van der Waals surface area (Å²) in [6.45, 7) is 2.05. The Morgan fingerprint density at radius 2 is 1.53 bits per heavy atom. The van der Waals surface area contributed by atoms with Crippen molar-refractivity contribution in [3.8, 4) is 23.0 Å². The minimum absolute atomic E-state index is 0.174. The SMILES string of the molecule is COc1cc(C(=O)NCCCCCc2nc3ccccc3n2CCCOc2cccc3ccccc23)cc(OC)c1OC. The fourth-order valence-corrected chi connectivity index (χ4v) is 5.39. The Morgan fingerprint density at radius 3 is 2.33 bits per heavy atom.